The van der Waals surface area contributed by atoms with Crippen LogP contribution in [0.5, 0.6) is 5.75 Å². The second-order valence-corrected chi connectivity index (χ2v) is 9.70. The van der Waals surface area contributed by atoms with Gasteiger partial charge in [0.05, 0.1) is 6.61 Å². The normalized spacial score (nSPS) is 18.1. The highest BCUT2D eigenvalue weighted by molar-refractivity contribution is 5.64. The fourth-order valence-electron chi connectivity index (χ4n) is 5.12. The van der Waals surface area contributed by atoms with E-state index in [2.05, 4.69) is 55.5 Å². The zero-order valence-corrected chi connectivity index (χ0v) is 20.5. The molecule has 0 heterocycles. The van der Waals surface area contributed by atoms with Gasteiger partial charge in [-0.25, -0.2) is 4.39 Å². The molecule has 0 N–H and O–H groups in total. The molecule has 3 heteroatoms. The van der Waals surface area contributed by atoms with E-state index in [1.807, 2.05) is 6.92 Å². The zero-order valence-electron chi connectivity index (χ0n) is 20.5. The SMILES string of the molecule is CCCc1ccc(-c2ccc(C3CCC(COc4ccc(CCC)c(F)c4F)CC3)cc2)cc1. The van der Waals surface area contributed by atoms with Crippen molar-refractivity contribution in [1.29, 1.82) is 0 Å². The van der Waals surface area contributed by atoms with Crippen LogP contribution in [0.2, 0.25) is 0 Å². The predicted molar refractivity (Wildman–Crippen MR) is 136 cm³/mol. The van der Waals surface area contributed by atoms with Gasteiger partial charge in [0.15, 0.2) is 11.6 Å². The molecule has 1 nitrogen and oxygen atoms in total. The molecule has 34 heavy (non-hydrogen) atoms. The summed E-state index contributed by atoms with van der Waals surface area (Å²) in [7, 11) is 0. The average Bonchev–Trinajstić information content (AvgIpc) is 2.88. The first kappa shape index (κ1) is 24.4. The second-order valence-electron chi connectivity index (χ2n) is 9.70. The standard InChI is InChI=1S/C31H36F2O/c1-3-5-22-7-11-24(12-8-22)26-15-17-27(18-16-26)25-13-9-23(10-14-25)21-34-29-20-19-28(6-4-2)30(32)31(29)33/h7-8,11-12,15-20,23,25H,3-6,9-10,13-14,21H2,1-2H3. The van der Waals surface area contributed by atoms with E-state index in [1.165, 1.54) is 28.7 Å². The van der Waals surface area contributed by atoms with Gasteiger partial charge >= 0.3 is 0 Å². The molecule has 4 rings (SSSR count). The van der Waals surface area contributed by atoms with Crippen molar-refractivity contribution in [2.75, 3.05) is 6.61 Å². The summed E-state index contributed by atoms with van der Waals surface area (Å²) >= 11 is 0. The van der Waals surface area contributed by atoms with Gasteiger partial charge in [-0.15, -0.1) is 0 Å². The largest absolute Gasteiger partial charge is 0.490 e. The first-order chi connectivity index (χ1) is 16.6. The lowest BCUT2D eigenvalue weighted by atomic mass is 9.79. The van der Waals surface area contributed by atoms with E-state index in [1.54, 1.807) is 12.1 Å². The summed E-state index contributed by atoms with van der Waals surface area (Å²) in [6, 6.07) is 21.1. The summed E-state index contributed by atoms with van der Waals surface area (Å²) < 4.78 is 34.2. The minimum Gasteiger partial charge on any atom is -0.490 e. The number of hydrogen-bond donors (Lipinski definition) is 0. The minimum atomic E-state index is -0.847. The third-order valence-electron chi connectivity index (χ3n) is 7.18. The summed E-state index contributed by atoms with van der Waals surface area (Å²) in [6.45, 7) is 4.61. The van der Waals surface area contributed by atoms with Crippen LogP contribution in [-0.4, -0.2) is 6.61 Å². The Labute approximate surface area is 203 Å². The van der Waals surface area contributed by atoms with Crippen LogP contribution in [0.4, 0.5) is 8.78 Å². The highest BCUT2D eigenvalue weighted by Crippen LogP contribution is 2.37. The van der Waals surface area contributed by atoms with Gasteiger partial charge in [0.25, 0.3) is 0 Å². The third-order valence-corrected chi connectivity index (χ3v) is 7.18. The maximum absolute atomic E-state index is 14.3. The Hall–Kier alpha value is -2.68. The maximum atomic E-state index is 14.3. The van der Waals surface area contributed by atoms with Gasteiger partial charge < -0.3 is 4.74 Å². The molecule has 3 aromatic rings. The van der Waals surface area contributed by atoms with E-state index in [0.717, 1.165) is 38.5 Å². The lowest BCUT2D eigenvalue weighted by Gasteiger charge is -2.29. The van der Waals surface area contributed by atoms with Crippen molar-refractivity contribution < 1.29 is 13.5 Å². The Balaban J connectivity index is 1.29. The van der Waals surface area contributed by atoms with E-state index in [9.17, 15) is 8.78 Å². The van der Waals surface area contributed by atoms with Crippen molar-refractivity contribution in [1.82, 2.24) is 0 Å². The van der Waals surface area contributed by atoms with Crippen molar-refractivity contribution >= 4 is 0 Å². The quantitative estimate of drug-likeness (QED) is 0.308. The Morgan fingerprint density at radius 3 is 1.94 bits per heavy atom. The van der Waals surface area contributed by atoms with E-state index < -0.39 is 11.6 Å². The minimum absolute atomic E-state index is 0.0396. The highest BCUT2D eigenvalue weighted by Gasteiger charge is 2.24. The monoisotopic (exact) mass is 462 g/mol. The van der Waals surface area contributed by atoms with E-state index in [4.69, 9.17) is 4.74 Å². The Morgan fingerprint density at radius 2 is 1.32 bits per heavy atom. The van der Waals surface area contributed by atoms with Gasteiger partial charge in [0.1, 0.15) is 0 Å². The van der Waals surface area contributed by atoms with Crippen molar-refractivity contribution in [2.45, 2.75) is 71.1 Å². The summed E-state index contributed by atoms with van der Waals surface area (Å²) in [5.41, 5.74) is 5.73. The number of hydrogen-bond acceptors (Lipinski definition) is 1. The van der Waals surface area contributed by atoms with Gasteiger partial charge in [-0.3, -0.25) is 0 Å². The van der Waals surface area contributed by atoms with Crippen LogP contribution in [0.15, 0.2) is 60.7 Å². The zero-order chi connectivity index (χ0) is 23.9. The van der Waals surface area contributed by atoms with Crippen LogP contribution in [-0.2, 0) is 12.8 Å². The topological polar surface area (TPSA) is 9.23 Å². The smallest absolute Gasteiger partial charge is 0.200 e. The summed E-state index contributed by atoms with van der Waals surface area (Å²) in [6.07, 6.45) is 7.92. The lowest BCUT2D eigenvalue weighted by molar-refractivity contribution is 0.192. The van der Waals surface area contributed by atoms with Gasteiger partial charge in [0.2, 0.25) is 5.82 Å². The molecule has 0 unspecified atom stereocenters. The molecule has 0 bridgehead atoms. The molecule has 0 aliphatic heterocycles. The molecule has 1 fully saturated rings. The predicted octanol–water partition coefficient (Wildman–Crippen LogP) is 8.89. The molecule has 3 aromatic carbocycles. The first-order valence-electron chi connectivity index (χ1n) is 12.9. The van der Waals surface area contributed by atoms with Crippen molar-refractivity contribution in [2.24, 2.45) is 5.92 Å². The summed E-state index contributed by atoms with van der Waals surface area (Å²) in [5, 5.41) is 0. The molecule has 0 aromatic heterocycles. The van der Waals surface area contributed by atoms with Gasteiger partial charge in [-0.05, 0) is 84.2 Å². The molecular weight excluding hydrogens is 426 g/mol. The van der Waals surface area contributed by atoms with Crippen LogP contribution < -0.4 is 4.74 Å². The lowest BCUT2D eigenvalue weighted by Crippen LogP contribution is -2.19. The molecule has 1 aliphatic carbocycles. The van der Waals surface area contributed by atoms with Crippen LogP contribution in [0.25, 0.3) is 11.1 Å². The van der Waals surface area contributed by atoms with E-state index in [0.29, 0.717) is 30.4 Å². The molecule has 180 valence electrons. The Kier molecular flexibility index (Phi) is 8.37. The second kappa shape index (κ2) is 11.6. The molecule has 0 radical (unpaired) electrons. The fraction of sp³-hybridized carbons (Fsp3) is 0.419. The average molecular weight is 463 g/mol. The molecular formula is C31H36F2O. The molecule has 0 spiro atoms. The summed E-state index contributed by atoms with van der Waals surface area (Å²) in [5.74, 6) is -0.629. The van der Waals surface area contributed by atoms with E-state index >= 15 is 0 Å². The number of benzene rings is 3. The van der Waals surface area contributed by atoms with Gasteiger partial charge in [-0.1, -0.05) is 81.3 Å². The Morgan fingerprint density at radius 1 is 0.706 bits per heavy atom. The molecule has 0 amide bonds. The van der Waals surface area contributed by atoms with Crippen LogP contribution in [0, 0.1) is 17.6 Å². The number of halogens is 2. The number of aryl methyl sites for hydroxylation is 2. The van der Waals surface area contributed by atoms with Gasteiger partial charge in [-0.2, -0.15) is 4.39 Å². The number of rotatable bonds is 9. The van der Waals surface area contributed by atoms with Crippen molar-refractivity contribution in [3.8, 4) is 16.9 Å². The molecule has 0 atom stereocenters. The van der Waals surface area contributed by atoms with Crippen LogP contribution in [0.3, 0.4) is 0 Å². The van der Waals surface area contributed by atoms with Crippen molar-refractivity contribution in [3.63, 3.8) is 0 Å². The fourth-order valence-corrected chi connectivity index (χ4v) is 5.12. The molecule has 0 saturated heterocycles. The molecule has 1 saturated carbocycles. The van der Waals surface area contributed by atoms with Crippen LogP contribution >= 0.6 is 0 Å². The van der Waals surface area contributed by atoms with Crippen LogP contribution in [0.1, 0.15) is 75.0 Å². The Bertz CT molecular complexity index is 1050. The molecule has 1 aliphatic rings. The highest BCUT2D eigenvalue weighted by atomic mass is 19.2. The summed E-state index contributed by atoms with van der Waals surface area (Å²) in [4.78, 5) is 0. The van der Waals surface area contributed by atoms with Crippen molar-refractivity contribution in [3.05, 3.63) is 89.0 Å². The first-order valence-corrected chi connectivity index (χ1v) is 12.9. The third kappa shape index (κ3) is 5.87. The van der Waals surface area contributed by atoms with E-state index in [-0.39, 0.29) is 5.75 Å². The maximum Gasteiger partial charge on any atom is 0.200 e. The number of ether oxygens (including phenoxy) is 1. The van der Waals surface area contributed by atoms with Gasteiger partial charge in [0, 0.05) is 0 Å².